The highest BCUT2D eigenvalue weighted by Gasteiger charge is 2.29. The van der Waals surface area contributed by atoms with Crippen molar-refractivity contribution < 1.29 is 9.53 Å². The molecule has 164 valence electrons. The fourth-order valence-electron chi connectivity index (χ4n) is 4.42. The van der Waals surface area contributed by atoms with Crippen LogP contribution in [0.25, 0.3) is 22.3 Å². The first-order valence-electron chi connectivity index (χ1n) is 11.0. The average Bonchev–Trinajstić information content (AvgIpc) is 3.39. The number of likely N-dealkylation sites (N-methyl/N-ethyl adjacent to an activating group) is 1. The lowest BCUT2D eigenvalue weighted by Crippen LogP contribution is -2.31. The van der Waals surface area contributed by atoms with E-state index >= 15 is 0 Å². The van der Waals surface area contributed by atoms with Crippen molar-refractivity contribution >= 4 is 22.5 Å². The highest BCUT2D eigenvalue weighted by atomic mass is 16.5. The van der Waals surface area contributed by atoms with Crippen LogP contribution in [0.5, 0.6) is 5.75 Å². The second kappa shape index (κ2) is 7.86. The van der Waals surface area contributed by atoms with Gasteiger partial charge in [0.05, 0.1) is 5.69 Å². The molecule has 0 aliphatic heterocycles. The van der Waals surface area contributed by atoms with Gasteiger partial charge < -0.3 is 14.6 Å². The number of rotatable bonds is 5. The van der Waals surface area contributed by atoms with Crippen LogP contribution in [0, 0.1) is 5.41 Å². The molecular weight excluding hydrogens is 400 g/mol. The Balaban J connectivity index is 1.35. The minimum atomic E-state index is -0.107. The third-order valence-corrected chi connectivity index (χ3v) is 6.39. The van der Waals surface area contributed by atoms with Crippen molar-refractivity contribution in [1.29, 1.82) is 0 Å². The molecule has 32 heavy (non-hydrogen) atoms. The van der Waals surface area contributed by atoms with Gasteiger partial charge in [-0.3, -0.25) is 9.89 Å². The summed E-state index contributed by atoms with van der Waals surface area (Å²) in [6, 6.07) is 17.5. The van der Waals surface area contributed by atoms with Crippen molar-refractivity contribution in [3.63, 3.8) is 0 Å². The SMILES string of the molecule is CN(C(=O)COc1ccccc1)c1ccc2cc(-c3n[nH]c4c3CCC(C)(C)C4)[nH]c2c1. The number of ether oxygens (including phenoxy) is 1. The number of amides is 1. The van der Waals surface area contributed by atoms with Gasteiger partial charge in [0.2, 0.25) is 0 Å². The predicted molar refractivity (Wildman–Crippen MR) is 127 cm³/mol. The molecule has 2 aromatic carbocycles. The average molecular weight is 429 g/mol. The summed E-state index contributed by atoms with van der Waals surface area (Å²) in [6.07, 6.45) is 3.22. The number of nitrogens with one attached hydrogen (secondary N) is 2. The number of hydrogen-bond donors (Lipinski definition) is 2. The first-order chi connectivity index (χ1) is 15.4. The van der Waals surface area contributed by atoms with E-state index in [1.165, 1.54) is 11.3 Å². The van der Waals surface area contributed by atoms with Gasteiger partial charge in [0, 0.05) is 34.9 Å². The van der Waals surface area contributed by atoms with Crippen LogP contribution >= 0.6 is 0 Å². The van der Waals surface area contributed by atoms with E-state index in [1.54, 1.807) is 11.9 Å². The number of aromatic amines is 2. The Morgan fingerprint density at radius 2 is 1.97 bits per heavy atom. The third kappa shape index (κ3) is 3.88. The van der Waals surface area contributed by atoms with E-state index in [4.69, 9.17) is 4.74 Å². The van der Waals surface area contributed by atoms with Crippen molar-refractivity contribution in [1.82, 2.24) is 15.2 Å². The van der Waals surface area contributed by atoms with Crippen molar-refractivity contribution in [3.8, 4) is 17.1 Å². The van der Waals surface area contributed by atoms with E-state index in [9.17, 15) is 4.79 Å². The molecule has 5 rings (SSSR count). The lowest BCUT2D eigenvalue weighted by molar-refractivity contribution is -0.120. The number of hydrogen-bond acceptors (Lipinski definition) is 3. The van der Waals surface area contributed by atoms with Crippen molar-refractivity contribution in [2.75, 3.05) is 18.6 Å². The molecule has 6 heteroatoms. The lowest BCUT2D eigenvalue weighted by atomic mass is 9.76. The molecule has 2 aromatic heterocycles. The molecule has 0 radical (unpaired) electrons. The lowest BCUT2D eigenvalue weighted by Gasteiger charge is -2.28. The molecule has 2 N–H and O–H groups in total. The van der Waals surface area contributed by atoms with Crippen LogP contribution in [-0.2, 0) is 17.6 Å². The van der Waals surface area contributed by atoms with Crippen LogP contribution in [0.1, 0.15) is 31.5 Å². The van der Waals surface area contributed by atoms with Gasteiger partial charge in [-0.25, -0.2) is 0 Å². The third-order valence-electron chi connectivity index (χ3n) is 6.39. The Morgan fingerprint density at radius 3 is 2.78 bits per heavy atom. The van der Waals surface area contributed by atoms with E-state index in [0.717, 1.165) is 47.2 Å². The molecule has 1 aliphatic carbocycles. The van der Waals surface area contributed by atoms with E-state index < -0.39 is 0 Å². The van der Waals surface area contributed by atoms with E-state index in [1.807, 2.05) is 48.5 Å². The quantitative estimate of drug-likeness (QED) is 0.464. The molecule has 0 fully saturated rings. The molecular formula is C26H28N4O2. The number of carbonyl (C=O) groups excluding carboxylic acids is 1. The fraction of sp³-hybridized carbons (Fsp3) is 0.308. The summed E-state index contributed by atoms with van der Waals surface area (Å²) in [5.74, 6) is 0.577. The number of benzene rings is 2. The Hall–Kier alpha value is -3.54. The first kappa shape index (κ1) is 20.4. The summed E-state index contributed by atoms with van der Waals surface area (Å²) in [6.45, 7) is 4.61. The van der Waals surface area contributed by atoms with Crippen molar-refractivity contribution in [3.05, 3.63) is 65.9 Å². The maximum absolute atomic E-state index is 12.6. The highest BCUT2D eigenvalue weighted by molar-refractivity contribution is 5.97. The van der Waals surface area contributed by atoms with E-state index in [0.29, 0.717) is 11.2 Å². The number of fused-ring (bicyclic) bond motifs is 2. The minimum absolute atomic E-state index is 0.00964. The summed E-state index contributed by atoms with van der Waals surface area (Å²) >= 11 is 0. The van der Waals surface area contributed by atoms with Gasteiger partial charge in [0.15, 0.2) is 6.61 Å². The number of aromatic nitrogens is 3. The number of anilines is 1. The second-order valence-electron chi connectivity index (χ2n) is 9.38. The summed E-state index contributed by atoms with van der Waals surface area (Å²) < 4.78 is 5.61. The maximum atomic E-state index is 12.6. The smallest absolute Gasteiger partial charge is 0.264 e. The van der Waals surface area contributed by atoms with Crippen LogP contribution < -0.4 is 9.64 Å². The molecule has 0 unspecified atom stereocenters. The number of para-hydroxylation sites is 1. The zero-order valence-corrected chi connectivity index (χ0v) is 18.7. The maximum Gasteiger partial charge on any atom is 0.264 e. The zero-order chi connectivity index (χ0) is 22.3. The fourth-order valence-corrected chi connectivity index (χ4v) is 4.42. The second-order valence-corrected chi connectivity index (χ2v) is 9.38. The normalized spacial score (nSPS) is 14.8. The Labute approximate surface area is 187 Å². The van der Waals surface area contributed by atoms with Crippen molar-refractivity contribution in [2.24, 2.45) is 5.41 Å². The van der Waals surface area contributed by atoms with Gasteiger partial charge in [-0.15, -0.1) is 0 Å². The monoisotopic (exact) mass is 428 g/mol. The minimum Gasteiger partial charge on any atom is -0.484 e. The molecule has 4 aromatic rings. The van der Waals surface area contributed by atoms with Gasteiger partial charge >= 0.3 is 0 Å². The van der Waals surface area contributed by atoms with Crippen LogP contribution in [0.15, 0.2) is 54.6 Å². The summed E-state index contributed by atoms with van der Waals surface area (Å²) in [5.41, 5.74) is 6.70. The van der Waals surface area contributed by atoms with Gasteiger partial charge in [-0.1, -0.05) is 38.1 Å². The van der Waals surface area contributed by atoms with Gasteiger partial charge in [0.1, 0.15) is 11.4 Å². The molecule has 0 saturated carbocycles. The standard InChI is InChI=1S/C26H28N4O2/c1-26(2)12-11-20-23(15-26)28-29-25(20)22-13-17-9-10-18(14-21(17)27-22)30(3)24(31)16-32-19-7-5-4-6-8-19/h4-10,13-14,27H,11-12,15-16H2,1-3H3,(H,28,29). The zero-order valence-electron chi connectivity index (χ0n) is 18.7. The van der Waals surface area contributed by atoms with E-state index in [2.05, 4.69) is 35.1 Å². The molecule has 1 amide bonds. The molecule has 1 aliphatic rings. The molecule has 2 heterocycles. The van der Waals surface area contributed by atoms with Crippen molar-refractivity contribution in [2.45, 2.75) is 33.1 Å². The van der Waals surface area contributed by atoms with Crippen LogP contribution in [0.4, 0.5) is 5.69 Å². The van der Waals surface area contributed by atoms with Crippen LogP contribution in [0.2, 0.25) is 0 Å². The summed E-state index contributed by atoms with van der Waals surface area (Å²) in [4.78, 5) is 17.8. The number of H-pyrrole nitrogens is 2. The topological polar surface area (TPSA) is 74.0 Å². The first-order valence-corrected chi connectivity index (χ1v) is 11.0. The largest absolute Gasteiger partial charge is 0.484 e. The summed E-state index contributed by atoms with van der Waals surface area (Å²) in [5, 5.41) is 8.99. The van der Waals surface area contributed by atoms with Crippen LogP contribution in [0.3, 0.4) is 0 Å². The van der Waals surface area contributed by atoms with Gasteiger partial charge in [-0.2, -0.15) is 5.10 Å². The Bertz CT molecular complexity index is 1270. The molecule has 0 spiro atoms. The van der Waals surface area contributed by atoms with E-state index in [-0.39, 0.29) is 12.5 Å². The number of nitrogens with zero attached hydrogens (tertiary/aromatic N) is 2. The Morgan fingerprint density at radius 1 is 1.16 bits per heavy atom. The molecule has 0 bridgehead atoms. The number of carbonyl (C=O) groups is 1. The van der Waals surface area contributed by atoms with Gasteiger partial charge in [0.25, 0.3) is 5.91 Å². The Kier molecular flexibility index (Phi) is 5.00. The van der Waals surface area contributed by atoms with Gasteiger partial charge in [-0.05, 0) is 55.0 Å². The molecule has 0 saturated heterocycles. The predicted octanol–water partition coefficient (Wildman–Crippen LogP) is 5.11. The highest BCUT2D eigenvalue weighted by Crippen LogP contribution is 2.38. The molecule has 0 atom stereocenters. The summed E-state index contributed by atoms with van der Waals surface area (Å²) in [7, 11) is 1.77. The molecule has 6 nitrogen and oxygen atoms in total. The van der Waals surface area contributed by atoms with Crippen LogP contribution in [-0.4, -0.2) is 34.7 Å².